The number of ether oxygens (including phenoxy) is 2. The molecule has 3 aliphatic rings. The van der Waals surface area contributed by atoms with E-state index in [1.54, 1.807) is 24.3 Å². The number of aromatic nitrogens is 4. The Morgan fingerprint density at radius 1 is 0.889 bits per heavy atom. The molecule has 3 aliphatic heterocycles. The number of alkyl halides is 2. The highest BCUT2D eigenvalue weighted by molar-refractivity contribution is 5.78. The second-order valence-electron chi connectivity index (χ2n) is 9.57. The van der Waals surface area contributed by atoms with Crippen molar-refractivity contribution >= 4 is 22.8 Å². The molecular formula is C25H31F2N7O2. The van der Waals surface area contributed by atoms with Crippen molar-refractivity contribution in [3.8, 4) is 5.82 Å². The first-order valence-corrected chi connectivity index (χ1v) is 12.7. The Kier molecular flexibility index (Phi) is 6.68. The topological polar surface area (TPSA) is 80.6 Å². The predicted molar refractivity (Wildman–Crippen MR) is 132 cm³/mol. The van der Waals surface area contributed by atoms with Gasteiger partial charge in [0.2, 0.25) is 5.95 Å². The summed E-state index contributed by atoms with van der Waals surface area (Å²) in [5.41, 5.74) is 1.11. The average Bonchev–Trinajstić information content (AvgIpc) is 3.55. The first-order valence-electron chi connectivity index (χ1n) is 12.7. The molecule has 11 heteroatoms. The maximum Gasteiger partial charge on any atom is 0.296 e. The maximum atomic E-state index is 14.1. The van der Waals surface area contributed by atoms with Crippen molar-refractivity contribution in [2.75, 3.05) is 62.8 Å². The molecule has 0 bridgehead atoms. The molecule has 5 heterocycles. The zero-order chi connectivity index (χ0) is 24.5. The van der Waals surface area contributed by atoms with Gasteiger partial charge in [0.05, 0.1) is 24.2 Å². The Morgan fingerprint density at radius 3 is 2.44 bits per heavy atom. The van der Waals surface area contributed by atoms with Gasteiger partial charge in [0.15, 0.2) is 5.82 Å². The third-order valence-electron chi connectivity index (χ3n) is 7.31. The fourth-order valence-electron chi connectivity index (χ4n) is 5.46. The van der Waals surface area contributed by atoms with Crippen LogP contribution in [0.5, 0.6) is 0 Å². The van der Waals surface area contributed by atoms with E-state index in [1.165, 1.54) is 4.57 Å². The molecule has 2 aromatic heterocycles. The predicted octanol–water partition coefficient (Wildman–Crippen LogP) is 3.25. The number of hydrogen-bond acceptors (Lipinski definition) is 8. The molecule has 6 rings (SSSR count). The Labute approximate surface area is 208 Å². The van der Waals surface area contributed by atoms with Gasteiger partial charge in [0.1, 0.15) is 11.6 Å². The van der Waals surface area contributed by atoms with E-state index in [4.69, 9.17) is 19.4 Å². The number of halogens is 2. The lowest BCUT2D eigenvalue weighted by Gasteiger charge is -2.31. The highest BCUT2D eigenvalue weighted by atomic mass is 19.3. The molecule has 0 radical (unpaired) electrons. The summed E-state index contributed by atoms with van der Waals surface area (Å²) in [7, 11) is 0. The molecule has 0 unspecified atom stereocenters. The minimum atomic E-state index is -2.74. The van der Waals surface area contributed by atoms with Crippen LogP contribution in [0.1, 0.15) is 31.5 Å². The second-order valence-corrected chi connectivity index (χ2v) is 9.57. The molecule has 3 aromatic rings. The number of para-hydroxylation sites is 2. The fourth-order valence-corrected chi connectivity index (χ4v) is 5.46. The lowest BCUT2D eigenvalue weighted by Crippen LogP contribution is -2.39. The van der Waals surface area contributed by atoms with E-state index in [2.05, 4.69) is 20.1 Å². The van der Waals surface area contributed by atoms with Gasteiger partial charge in [-0.25, -0.2) is 13.8 Å². The second kappa shape index (κ2) is 10.2. The highest BCUT2D eigenvalue weighted by Gasteiger charge is 2.30. The maximum absolute atomic E-state index is 14.1. The van der Waals surface area contributed by atoms with Crippen molar-refractivity contribution in [3.63, 3.8) is 0 Å². The van der Waals surface area contributed by atoms with E-state index >= 15 is 0 Å². The number of morpholine rings is 1. The number of nitrogens with zero attached hydrogens (tertiary/aromatic N) is 6. The minimum absolute atomic E-state index is 0.190. The van der Waals surface area contributed by atoms with E-state index in [0.717, 1.165) is 45.6 Å². The Balaban J connectivity index is 1.34. The zero-order valence-electron chi connectivity index (χ0n) is 20.2. The molecule has 36 heavy (non-hydrogen) atoms. The van der Waals surface area contributed by atoms with Gasteiger partial charge in [0, 0.05) is 57.5 Å². The fraction of sp³-hybridized carbons (Fsp3) is 0.560. The molecule has 9 nitrogen and oxygen atoms in total. The third kappa shape index (κ3) is 4.74. The van der Waals surface area contributed by atoms with Crippen LogP contribution < -0.4 is 10.2 Å². The first-order chi connectivity index (χ1) is 17.7. The standard InChI is InChI=1S/C25H31F2N7O2/c26-23(27)24-29-19-3-1-2-4-20(19)34(24)22-15-21(32-9-13-36-14-10-32)30-25(31-22)28-17-5-8-33(16-17)18-6-11-35-12-7-18/h1-4,15,17-18,23H,5-14,16H2,(H,28,30,31)/t17-/m0/s1. The summed E-state index contributed by atoms with van der Waals surface area (Å²) in [6.07, 6.45) is 0.362. The molecular weight excluding hydrogens is 468 g/mol. The normalized spacial score (nSPS) is 22.1. The summed E-state index contributed by atoms with van der Waals surface area (Å²) < 4.78 is 40.6. The minimum Gasteiger partial charge on any atom is -0.381 e. The van der Waals surface area contributed by atoms with Crippen molar-refractivity contribution in [1.29, 1.82) is 0 Å². The number of nitrogens with one attached hydrogen (secondary N) is 1. The number of imidazole rings is 1. The van der Waals surface area contributed by atoms with Crippen LogP contribution in [0.3, 0.4) is 0 Å². The van der Waals surface area contributed by atoms with E-state index in [-0.39, 0.29) is 11.9 Å². The van der Waals surface area contributed by atoms with Gasteiger partial charge in [-0.05, 0) is 31.4 Å². The first kappa shape index (κ1) is 23.5. The summed E-state index contributed by atoms with van der Waals surface area (Å²) in [4.78, 5) is 18.4. The van der Waals surface area contributed by atoms with Crippen LogP contribution in [0.2, 0.25) is 0 Å². The highest BCUT2D eigenvalue weighted by Crippen LogP contribution is 2.30. The van der Waals surface area contributed by atoms with Crippen molar-refractivity contribution < 1.29 is 18.3 Å². The van der Waals surface area contributed by atoms with Crippen molar-refractivity contribution in [1.82, 2.24) is 24.4 Å². The van der Waals surface area contributed by atoms with Gasteiger partial charge in [-0.3, -0.25) is 9.47 Å². The van der Waals surface area contributed by atoms with Gasteiger partial charge in [-0.2, -0.15) is 9.97 Å². The van der Waals surface area contributed by atoms with Crippen molar-refractivity contribution in [2.45, 2.75) is 37.8 Å². The van der Waals surface area contributed by atoms with Crippen LogP contribution in [-0.4, -0.2) is 89.1 Å². The van der Waals surface area contributed by atoms with Gasteiger partial charge in [-0.15, -0.1) is 0 Å². The third-order valence-corrected chi connectivity index (χ3v) is 7.31. The quantitative estimate of drug-likeness (QED) is 0.554. The molecule has 0 aliphatic carbocycles. The molecule has 1 N–H and O–H groups in total. The Bertz CT molecular complexity index is 1190. The zero-order valence-corrected chi connectivity index (χ0v) is 20.2. The molecule has 1 aromatic carbocycles. The molecule has 3 fully saturated rings. The summed E-state index contributed by atoms with van der Waals surface area (Å²) in [5, 5.41) is 3.51. The lowest BCUT2D eigenvalue weighted by atomic mass is 10.1. The Hall–Kier alpha value is -2.89. The van der Waals surface area contributed by atoms with Crippen LogP contribution in [0.25, 0.3) is 16.9 Å². The number of likely N-dealkylation sites (tertiary alicyclic amines) is 1. The van der Waals surface area contributed by atoms with E-state index in [1.807, 2.05) is 6.07 Å². The lowest BCUT2D eigenvalue weighted by molar-refractivity contribution is 0.0421. The summed E-state index contributed by atoms with van der Waals surface area (Å²) in [5.74, 6) is 1.21. The van der Waals surface area contributed by atoms with Crippen LogP contribution in [0.15, 0.2) is 30.3 Å². The number of rotatable bonds is 6. The number of fused-ring (bicyclic) bond motifs is 1. The van der Waals surface area contributed by atoms with E-state index in [9.17, 15) is 8.78 Å². The van der Waals surface area contributed by atoms with E-state index < -0.39 is 6.43 Å². The summed E-state index contributed by atoms with van der Waals surface area (Å²) >= 11 is 0. The monoisotopic (exact) mass is 499 g/mol. The smallest absolute Gasteiger partial charge is 0.296 e. The van der Waals surface area contributed by atoms with Crippen molar-refractivity contribution in [2.24, 2.45) is 0 Å². The summed E-state index contributed by atoms with van der Waals surface area (Å²) in [6.45, 7) is 6.12. The number of benzene rings is 1. The number of hydrogen-bond donors (Lipinski definition) is 1. The molecule has 0 amide bonds. The van der Waals surface area contributed by atoms with Gasteiger partial charge < -0.3 is 19.7 Å². The number of anilines is 2. The van der Waals surface area contributed by atoms with Gasteiger partial charge in [-0.1, -0.05) is 12.1 Å². The van der Waals surface area contributed by atoms with Gasteiger partial charge >= 0.3 is 0 Å². The molecule has 0 saturated carbocycles. The average molecular weight is 500 g/mol. The molecule has 1 atom stereocenters. The van der Waals surface area contributed by atoms with E-state index in [0.29, 0.717) is 61.0 Å². The molecule has 0 spiro atoms. The van der Waals surface area contributed by atoms with Crippen LogP contribution in [0.4, 0.5) is 20.5 Å². The van der Waals surface area contributed by atoms with Crippen LogP contribution in [0, 0.1) is 0 Å². The molecule has 3 saturated heterocycles. The van der Waals surface area contributed by atoms with Crippen molar-refractivity contribution in [3.05, 3.63) is 36.2 Å². The van der Waals surface area contributed by atoms with Crippen LogP contribution in [-0.2, 0) is 9.47 Å². The SMILES string of the molecule is FC(F)c1nc2ccccc2n1-c1cc(N2CCOCC2)nc(N[C@H]2CCN(C3CCOCC3)C2)n1. The Morgan fingerprint density at radius 2 is 1.64 bits per heavy atom. The van der Waals surface area contributed by atoms with Crippen LogP contribution >= 0.6 is 0 Å². The largest absolute Gasteiger partial charge is 0.381 e. The van der Waals surface area contributed by atoms with Gasteiger partial charge in [0.25, 0.3) is 6.43 Å². The summed E-state index contributed by atoms with van der Waals surface area (Å²) in [6, 6.07) is 9.67. The molecule has 192 valence electrons.